The Hall–Kier alpha value is -2.08. The van der Waals surface area contributed by atoms with Crippen LogP contribution in [0.25, 0.3) is 0 Å². The molecule has 2 amide bonds. The summed E-state index contributed by atoms with van der Waals surface area (Å²) in [6.45, 7) is 8.25. The maximum absolute atomic E-state index is 12.8. The quantitative estimate of drug-likeness (QED) is 0.594. The molecule has 0 radical (unpaired) electrons. The van der Waals surface area contributed by atoms with Crippen molar-refractivity contribution in [3.8, 4) is 5.75 Å². The number of hydrogen-bond donors (Lipinski definition) is 1. The number of piperidine rings is 1. The number of carbonyl (C=O) groups is 2. The molecule has 1 aromatic rings. The third-order valence-corrected chi connectivity index (χ3v) is 5.30. The van der Waals surface area contributed by atoms with Crippen molar-refractivity contribution in [2.45, 2.75) is 71.3 Å². The van der Waals surface area contributed by atoms with E-state index in [9.17, 15) is 9.59 Å². The predicted molar refractivity (Wildman–Crippen MR) is 115 cm³/mol. The Kier molecular flexibility index (Phi) is 9.45. The van der Waals surface area contributed by atoms with E-state index in [0.29, 0.717) is 24.5 Å². The van der Waals surface area contributed by atoms with Gasteiger partial charge in [-0.25, -0.2) is 0 Å². The first-order valence-corrected chi connectivity index (χ1v) is 10.9. The third kappa shape index (κ3) is 7.35. The lowest BCUT2D eigenvalue weighted by atomic mass is 9.97. The summed E-state index contributed by atoms with van der Waals surface area (Å²) >= 11 is 0. The molecule has 29 heavy (non-hydrogen) atoms. The summed E-state index contributed by atoms with van der Waals surface area (Å²) in [5.74, 6) is 0.513. The molecule has 0 aliphatic carbocycles. The van der Waals surface area contributed by atoms with E-state index in [1.54, 1.807) is 24.3 Å². The molecule has 1 atom stereocenters. The first-order chi connectivity index (χ1) is 14.0. The van der Waals surface area contributed by atoms with Gasteiger partial charge in [0.25, 0.3) is 11.8 Å². The Morgan fingerprint density at radius 3 is 2.38 bits per heavy atom. The molecule has 6 nitrogen and oxygen atoms in total. The summed E-state index contributed by atoms with van der Waals surface area (Å²) in [7, 11) is 0. The maximum atomic E-state index is 12.8. The summed E-state index contributed by atoms with van der Waals surface area (Å²) < 4.78 is 11.5. The SMILES string of the molecule is CCCC[C@](C)(OCCC)C(=O)Nc1ccc(OCC(=O)N2CCCCC2)cc1. The van der Waals surface area contributed by atoms with E-state index in [1.807, 2.05) is 18.7 Å². The number of nitrogens with one attached hydrogen (secondary N) is 1. The molecule has 1 N–H and O–H groups in total. The van der Waals surface area contributed by atoms with Gasteiger partial charge in [0.15, 0.2) is 6.61 Å². The highest BCUT2D eigenvalue weighted by atomic mass is 16.5. The van der Waals surface area contributed by atoms with Gasteiger partial charge in [-0.2, -0.15) is 0 Å². The number of amides is 2. The van der Waals surface area contributed by atoms with E-state index in [4.69, 9.17) is 9.47 Å². The second-order valence-electron chi connectivity index (χ2n) is 7.89. The Morgan fingerprint density at radius 1 is 1.07 bits per heavy atom. The molecule has 0 spiro atoms. The normalized spacial score (nSPS) is 16.2. The fraction of sp³-hybridized carbons (Fsp3) is 0.652. The van der Waals surface area contributed by atoms with Gasteiger partial charge < -0.3 is 19.7 Å². The highest BCUT2D eigenvalue weighted by Gasteiger charge is 2.33. The number of rotatable bonds is 11. The van der Waals surface area contributed by atoms with Crippen molar-refractivity contribution >= 4 is 17.5 Å². The zero-order chi connectivity index (χ0) is 21.1. The van der Waals surface area contributed by atoms with Crippen molar-refractivity contribution in [3.05, 3.63) is 24.3 Å². The Bertz CT molecular complexity index is 631. The predicted octanol–water partition coefficient (Wildman–Crippen LogP) is 4.39. The summed E-state index contributed by atoms with van der Waals surface area (Å²) in [6.07, 6.45) is 6.84. The minimum Gasteiger partial charge on any atom is -0.484 e. The van der Waals surface area contributed by atoms with E-state index in [2.05, 4.69) is 12.2 Å². The molecule has 1 aliphatic heterocycles. The molecule has 1 aromatic carbocycles. The van der Waals surface area contributed by atoms with E-state index in [-0.39, 0.29) is 18.4 Å². The lowest BCUT2D eigenvalue weighted by molar-refractivity contribution is -0.140. The van der Waals surface area contributed by atoms with Crippen LogP contribution in [-0.2, 0) is 14.3 Å². The monoisotopic (exact) mass is 404 g/mol. The van der Waals surface area contributed by atoms with E-state index < -0.39 is 5.60 Å². The second-order valence-corrected chi connectivity index (χ2v) is 7.89. The van der Waals surface area contributed by atoms with Crippen LogP contribution >= 0.6 is 0 Å². The van der Waals surface area contributed by atoms with Crippen LogP contribution in [0.5, 0.6) is 5.75 Å². The van der Waals surface area contributed by atoms with Crippen molar-refractivity contribution in [1.29, 1.82) is 0 Å². The van der Waals surface area contributed by atoms with Crippen LogP contribution in [0, 0.1) is 0 Å². The van der Waals surface area contributed by atoms with Crippen molar-refractivity contribution < 1.29 is 19.1 Å². The van der Waals surface area contributed by atoms with Gasteiger partial charge in [0.2, 0.25) is 0 Å². The number of benzene rings is 1. The van der Waals surface area contributed by atoms with Gasteiger partial charge >= 0.3 is 0 Å². The van der Waals surface area contributed by atoms with Crippen LogP contribution in [0.4, 0.5) is 5.69 Å². The molecule has 0 bridgehead atoms. The highest BCUT2D eigenvalue weighted by molar-refractivity contribution is 5.97. The lowest BCUT2D eigenvalue weighted by Crippen LogP contribution is -2.43. The van der Waals surface area contributed by atoms with Crippen molar-refractivity contribution in [2.75, 3.05) is 31.6 Å². The van der Waals surface area contributed by atoms with Gasteiger partial charge in [-0.05, 0) is 63.3 Å². The van der Waals surface area contributed by atoms with Crippen LogP contribution in [0.1, 0.15) is 65.7 Å². The smallest absolute Gasteiger partial charge is 0.260 e. The number of anilines is 1. The van der Waals surface area contributed by atoms with Gasteiger partial charge in [0.05, 0.1) is 0 Å². The van der Waals surface area contributed by atoms with Gasteiger partial charge in [0, 0.05) is 25.4 Å². The summed E-state index contributed by atoms with van der Waals surface area (Å²) in [4.78, 5) is 26.9. The first-order valence-electron chi connectivity index (χ1n) is 10.9. The first kappa shape index (κ1) is 23.2. The van der Waals surface area contributed by atoms with Crippen LogP contribution in [-0.4, -0.2) is 48.6 Å². The molecular weight excluding hydrogens is 368 g/mol. The minimum absolute atomic E-state index is 0.0295. The van der Waals surface area contributed by atoms with E-state index >= 15 is 0 Å². The van der Waals surface area contributed by atoms with Crippen molar-refractivity contribution in [3.63, 3.8) is 0 Å². The maximum Gasteiger partial charge on any atom is 0.260 e. The fourth-order valence-corrected chi connectivity index (χ4v) is 3.37. The summed E-state index contributed by atoms with van der Waals surface area (Å²) in [6, 6.07) is 7.13. The number of likely N-dealkylation sites (tertiary alicyclic amines) is 1. The Morgan fingerprint density at radius 2 is 1.76 bits per heavy atom. The molecular formula is C23H36N2O4. The van der Waals surface area contributed by atoms with Crippen LogP contribution in [0.15, 0.2) is 24.3 Å². The number of ether oxygens (including phenoxy) is 2. The van der Waals surface area contributed by atoms with Crippen molar-refractivity contribution in [1.82, 2.24) is 4.90 Å². The number of unbranched alkanes of at least 4 members (excludes halogenated alkanes) is 1. The molecule has 162 valence electrons. The molecule has 0 unspecified atom stereocenters. The lowest BCUT2D eigenvalue weighted by Gasteiger charge is -2.28. The van der Waals surface area contributed by atoms with E-state index in [1.165, 1.54) is 6.42 Å². The standard InChI is InChI=1S/C23H36N2O4/c1-4-6-14-23(3,29-17-5-2)22(27)24-19-10-12-20(13-11-19)28-18-21(26)25-15-8-7-9-16-25/h10-13H,4-9,14-18H2,1-3H3,(H,24,27)/t23-/m0/s1. The van der Waals surface area contributed by atoms with Gasteiger partial charge in [0.1, 0.15) is 11.4 Å². The zero-order valence-electron chi connectivity index (χ0n) is 18.2. The molecule has 2 rings (SSSR count). The molecule has 1 aliphatic rings. The minimum atomic E-state index is -0.831. The highest BCUT2D eigenvalue weighted by Crippen LogP contribution is 2.23. The number of nitrogens with zero attached hydrogens (tertiary/aromatic N) is 1. The molecule has 1 heterocycles. The van der Waals surface area contributed by atoms with Gasteiger partial charge in [-0.3, -0.25) is 9.59 Å². The summed E-state index contributed by atoms with van der Waals surface area (Å²) in [5.41, 5.74) is -0.144. The molecule has 0 aromatic heterocycles. The molecule has 1 saturated heterocycles. The number of carbonyl (C=O) groups excluding carboxylic acids is 2. The van der Waals surface area contributed by atoms with Crippen LogP contribution < -0.4 is 10.1 Å². The van der Waals surface area contributed by atoms with Crippen molar-refractivity contribution in [2.24, 2.45) is 0 Å². The average Bonchev–Trinajstić information content (AvgIpc) is 2.76. The largest absolute Gasteiger partial charge is 0.484 e. The average molecular weight is 405 g/mol. The second kappa shape index (κ2) is 11.8. The zero-order valence-corrected chi connectivity index (χ0v) is 18.2. The van der Waals surface area contributed by atoms with Crippen LogP contribution in [0.2, 0.25) is 0 Å². The molecule has 0 saturated carbocycles. The van der Waals surface area contributed by atoms with Gasteiger partial charge in [-0.15, -0.1) is 0 Å². The third-order valence-electron chi connectivity index (χ3n) is 5.30. The van der Waals surface area contributed by atoms with E-state index in [0.717, 1.165) is 45.2 Å². The molecule has 6 heteroatoms. The molecule has 1 fully saturated rings. The number of hydrogen-bond acceptors (Lipinski definition) is 4. The fourth-order valence-electron chi connectivity index (χ4n) is 3.37. The van der Waals surface area contributed by atoms with Crippen LogP contribution in [0.3, 0.4) is 0 Å². The Balaban J connectivity index is 1.87. The Labute approximate surface area is 174 Å². The summed E-state index contributed by atoms with van der Waals surface area (Å²) in [5, 5.41) is 2.95. The van der Waals surface area contributed by atoms with Gasteiger partial charge in [-0.1, -0.05) is 26.7 Å². The topological polar surface area (TPSA) is 67.9 Å².